The smallest absolute Gasteiger partial charge is 0.357 e. The minimum Gasteiger partial charge on any atom is -0.458 e. The maximum absolute atomic E-state index is 12.5. The van der Waals surface area contributed by atoms with Gasteiger partial charge in [-0.05, 0) is 56.7 Å². The molecule has 166 valence electrons. The van der Waals surface area contributed by atoms with E-state index in [1.165, 1.54) is 36.4 Å². The highest BCUT2D eigenvalue weighted by atomic mass is 32.2. The molecule has 10 heteroatoms. The summed E-state index contributed by atoms with van der Waals surface area (Å²) in [6.45, 7) is 5.92. The van der Waals surface area contributed by atoms with Gasteiger partial charge in [-0.15, -0.1) is 0 Å². The Morgan fingerprint density at radius 2 is 1.65 bits per heavy atom. The first-order chi connectivity index (χ1) is 14.6. The molecule has 0 saturated carbocycles. The van der Waals surface area contributed by atoms with Gasteiger partial charge < -0.3 is 10.1 Å². The monoisotopic (exact) mass is 447 g/mol. The summed E-state index contributed by atoms with van der Waals surface area (Å²) < 4.78 is 31.9. The van der Waals surface area contributed by atoms with Crippen LogP contribution in [0.2, 0.25) is 0 Å². The molecule has 0 bridgehead atoms. The summed E-state index contributed by atoms with van der Waals surface area (Å²) in [5.74, 6) is -1.85. The Bertz CT molecular complexity index is 1030. The number of esters is 1. The number of ether oxygens (including phenoxy) is 1. The molecule has 0 unspecified atom stereocenters. The number of aromatic nitrogens is 1. The molecule has 31 heavy (non-hydrogen) atoms. The molecule has 2 N–H and O–H groups in total. The minimum absolute atomic E-state index is 0.000842. The summed E-state index contributed by atoms with van der Waals surface area (Å²) in [6.07, 6.45) is 2.55. The van der Waals surface area contributed by atoms with Crippen LogP contribution in [-0.2, 0) is 14.8 Å². The highest BCUT2D eigenvalue weighted by Gasteiger charge is 2.20. The van der Waals surface area contributed by atoms with Crippen LogP contribution in [0.1, 0.15) is 64.8 Å². The number of unbranched alkanes of at least 4 members (excludes halogenated alkanes) is 1. The predicted octanol–water partition coefficient (Wildman–Crippen LogP) is 2.30. The molecule has 2 aromatic rings. The molecular weight excluding hydrogens is 422 g/mol. The molecule has 9 nitrogen and oxygen atoms in total. The first kappa shape index (κ1) is 24.0. The van der Waals surface area contributed by atoms with E-state index in [1.54, 1.807) is 13.8 Å². The third kappa shape index (κ3) is 6.88. The van der Waals surface area contributed by atoms with E-state index in [9.17, 15) is 22.8 Å². The van der Waals surface area contributed by atoms with E-state index in [1.807, 2.05) is 11.6 Å². The fourth-order valence-corrected chi connectivity index (χ4v) is 3.40. The third-order valence-electron chi connectivity index (χ3n) is 4.05. The Morgan fingerprint density at radius 1 is 1.00 bits per heavy atom. The highest BCUT2D eigenvalue weighted by Crippen LogP contribution is 2.12. The second kappa shape index (κ2) is 10.7. The number of hydrogen-bond acceptors (Lipinski definition) is 7. The second-order valence-electron chi connectivity index (χ2n) is 6.95. The Balaban J connectivity index is 2.05. The molecule has 0 atom stereocenters. The van der Waals surface area contributed by atoms with E-state index in [4.69, 9.17) is 4.74 Å². The second-order valence-corrected chi connectivity index (χ2v) is 8.64. The molecule has 0 saturated heterocycles. The van der Waals surface area contributed by atoms with Crippen molar-refractivity contribution < 1.29 is 27.5 Å². The molecule has 1 heterocycles. The summed E-state index contributed by atoms with van der Waals surface area (Å²) in [5.41, 5.74) is 0.270. The van der Waals surface area contributed by atoms with Crippen molar-refractivity contribution in [2.45, 2.75) is 44.6 Å². The van der Waals surface area contributed by atoms with Gasteiger partial charge in [0.1, 0.15) is 5.69 Å². The average Bonchev–Trinajstić information content (AvgIpc) is 2.73. The first-order valence-electron chi connectivity index (χ1n) is 9.76. The summed E-state index contributed by atoms with van der Waals surface area (Å²) in [6, 6.07) is 7.78. The molecular formula is C21H25N3O6S. The fourth-order valence-electron chi connectivity index (χ4n) is 2.43. The van der Waals surface area contributed by atoms with Gasteiger partial charge in [-0.25, -0.2) is 22.9 Å². The Kier molecular flexibility index (Phi) is 8.26. The van der Waals surface area contributed by atoms with Gasteiger partial charge in [0.25, 0.3) is 21.8 Å². The maximum atomic E-state index is 12.5. The number of carbonyl (C=O) groups excluding carboxylic acids is 3. The quantitative estimate of drug-likeness (QED) is 0.445. The number of pyridine rings is 1. The zero-order valence-electron chi connectivity index (χ0n) is 17.5. The number of nitrogens with zero attached hydrogens (tertiary/aromatic N) is 1. The van der Waals surface area contributed by atoms with Gasteiger partial charge in [0.2, 0.25) is 0 Å². The summed E-state index contributed by atoms with van der Waals surface area (Å²) in [4.78, 5) is 39.8. The largest absolute Gasteiger partial charge is 0.458 e. The number of carbonyl (C=O) groups is 3. The van der Waals surface area contributed by atoms with Crippen LogP contribution in [0.25, 0.3) is 0 Å². The molecule has 0 radical (unpaired) electrons. The van der Waals surface area contributed by atoms with Crippen LogP contribution in [0.5, 0.6) is 0 Å². The zero-order valence-corrected chi connectivity index (χ0v) is 18.4. The third-order valence-corrected chi connectivity index (χ3v) is 5.39. The van der Waals surface area contributed by atoms with Crippen LogP contribution in [0, 0.1) is 0 Å². The van der Waals surface area contributed by atoms with E-state index in [2.05, 4.69) is 10.3 Å². The van der Waals surface area contributed by atoms with Crippen LogP contribution >= 0.6 is 0 Å². The van der Waals surface area contributed by atoms with Crippen molar-refractivity contribution in [1.29, 1.82) is 0 Å². The molecule has 0 aliphatic carbocycles. The van der Waals surface area contributed by atoms with Crippen molar-refractivity contribution >= 4 is 27.8 Å². The molecule has 0 aliphatic rings. The topological polar surface area (TPSA) is 132 Å². The van der Waals surface area contributed by atoms with Crippen molar-refractivity contribution in [2.24, 2.45) is 0 Å². The Hall–Kier alpha value is -3.27. The zero-order chi connectivity index (χ0) is 23.0. The first-order valence-corrected chi connectivity index (χ1v) is 11.2. The summed E-state index contributed by atoms with van der Waals surface area (Å²) in [7, 11) is -4.16. The molecule has 2 amide bonds. The number of amides is 2. The normalized spacial score (nSPS) is 11.1. The van der Waals surface area contributed by atoms with Crippen molar-refractivity contribution in [1.82, 2.24) is 15.0 Å². The van der Waals surface area contributed by atoms with E-state index >= 15 is 0 Å². The molecule has 0 spiro atoms. The molecule has 2 rings (SSSR count). The van der Waals surface area contributed by atoms with Gasteiger partial charge in [0, 0.05) is 18.3 Å². The lowest BCUT2D eigenvalue weighted by Crippen LogP contribution is -2.31. The average molecular weight is 448 g/mol. The lowest BCUT2D eigenvalue weighted by atomic mass is 10.2. The van der Waals surface area contributed by atoms with E-state index in [0.29, 0.717) is 12.1 Å². The van der Waals surface area contributed by atoms with Crippen LogP contribution in [0.4, 0.5) is 0 Å². The number of hydrogen-bond donors (Lipinski definition) is 2. The van der Waals surface area contributed by atoms with Crippen molar-refractivity contribution in [3.05, 3.63) is 59.4 Å². The number of sulfonamides is 1. The Morgan fingerprint density at radius 3 is 2.19 bits per heavy atom. The lowest BCUT2D eigenvalue weighted by Gasteiger charge is -2.09. The highest BCUT2D eigenvalue weighted by molar-refractivity contribution is 7.90. The number of rotatable bonds is 9. The summed E-state index contributed by atoms with van der Waals surface area (Å²) in [5, 5.41) is 2.74. The molecule has 0 aliphatic heterocycles. The van der Waals surface area contributed by atoms with Crippen LogP contribution < -0.4 is 10.0 Å². The summed E-state index contributed by atoms with van der Waals surface area (Å²) >= 11 is 0. The molecule has 0 fully saturated rings. The standard InChI is InChI=1S/C21H25N3O6S/c1-4-5-12-22-19(25)15-6-9-17(10-7-15)31(28,29)24-20(26)16-8-11-18(23-13-16)21(27)30-14(2)3/h6-11,13-14H,4-5,12H2,1-3H3,(H,22,25)(H,24,26). The predicted molar refractivity (Wildman–Crippen MR) is 113 cm³/mol. The van der Waals surface area contributed by atoms with Crippen LogP contribution in [0.15, 0.2) is 47.5 Å². The SMILES string of the molecule is CCCCNC(=O)c1ccc(S(=O)(=O)NC(=O)c2ccc(C(=O)OC(C)C)nc2)cc1. The molecule has 1 aromatic carbocycles. The van der Waals surface area contributed by atoms with Crippen molar-refractivity contribution in [2.75, 3.05) is 6.54 Å². The number of benzene rings is 1. The van der Waals surface area contributed by atoms with Gasteiger partial charge in [-0.3, -0.25) is 9.59 Å². The van der Waals surface area contributed by atoms with Gasteiger partial charge in [0.05, 0.1) is 16.6 Å². The van der Waals surface area contributed by atoms with Crippen LogP contribution in [0.3, 0.4) is 0 Å². The lowest BCUT2D eigenvalue weighted by molar-refractivity contribution is 0.0370. The van der Waals surface area contributed by atoms with Gasteiger partial charge in [-0.1, -0.05) is 13.3 Å². The van der Waals surface area contributed by atoms with Crippen molar-refractivity contribution in [3.63, 3.8) is 0 Å². The van der Waals surface area contributed by atoms with Gasteiger partial charge in [-0.2, -0.15) is 0 Å². The van der Waals surface area contributed by atoms with Gasteiger partial charge >= 0.3 is 5.97 Å². The Labute approximate surface area is 181 Å². The molecule has 1 aromatic heterocycles. The van der Waals surface area contributed by atoms with Crippen LogP contribution in [-0.4, -0.2) is 43.8 Å². The van der Waals surface area contributed by atoms with E-state index in [-0.39, 0.29) is 28.2 Å². The van der Waals surface area contributed by atoms with E-state index in [0.717, 1.165) is 19.0 Å². The number of nitrogens with one attached hydrogen (secondary N) is 2. The minimum atomic E-state index is -4.16. The maximum Gasteiger partial charge on any atom is 0.357 e. The van der Waals surface area contributed by atoms with Crippen molar-refractivity contribution in [3.8, 4) is 0 Å². The fraction of sp³-hybridized carbons (Fsp3) is 0.333. The van der Waals surface area contributed by atoms with Gasteiger partial charge in [0.15, 0.2) is 0 Å². The van der Waals surface area contributed by atoms with E-state index < -0.39 is 21.9 Å².